The molecule has 9 heteroatoms. The molecule has 0 saturated heterocycles. The predicted molar refractivity (Wildman–Crippen MR) is 118 cm³/mol. The highest BCUT2D eigenvalue weighted by Gasteiger charge is 2.16. The minimum atomic E-state index is -0.220. The molecule has 0 bridgehead atoms. The fourth-order valence-electron chi connectivity index (χ4n) is 3.19. The van der Waals surface area contributed by atoms with Gasteiger partial charge in [0, 0.05) is 25.2 Å². The van der Waals surface area contributed by atoms with Gasteiger partial charge in [-0.25, -0.2) is 0 Å². The number of carbonyl (C=O) groups excluding carboxylic acids is 1. The van der Waals surface area contributed by atoms with E-state index in [4.69, 9.17) is 18.4 Å². The number of nitrogens with one attached hydrogen (secondary N) is 1. The Hall–Kier alpha value is -4.14. The van der Waals surface area contributed by atoms with Crippen molar-refractivity contribution in [1.82, 2.24) is 20.4 Å². The summed E-state index contributed by atoms with van der Waals surface area (Å²) in [4.78, 5) is 20.7. The molecule has 0 aliphatic heterocycles. The Balaban J connectivity index is 1.30. The molecule has 4 rings (SSSR count). The third-order valence-corrected chi connectivity index (χ3v) is 4.98. The van der Waals surface area contributed by atoms with Crippen LogP contribution >= 0.6 is 0 Å². The van der Waals surface area contributed by atoms with Gasteiger partial charge in [0.25, 0.3) is 0 Å². The molecule has 1 amide bonds. The molecule has 4 aromatic rings. The number of pyridine rings is 1. The topological polar surface area (TPSA) is 113 Å². The van der Waals surface area contributed by atoms with E-state index in [1.807, 2.05) is 37.3 Å². The summed E-state index contributed by atoms with van der Waals surface area (Å²) < 4.78 is 21.8. The number of aromatic nitrogens is 3. The van der Waals surface area contributed by atoms with E-state index in [9.17, 15) is 4.79 Å². The van der Waals surface area contributed by atoms with E-state index in [0.717, 1.165) is 11.1 Å². The molecular weight excluding hydrogens is 424 g/mol. The SMILES string of the molecule is COc1cc(C(C)NC(=O)CCc2nc(-c3ccco3)no2)ccc1OCc1ccncc1. The Morgan fingerprint density at radius 3 is 2.76 bits per heavy atom. The van der Waals surface area contributed by atoms with Gasteiger partial charge in [0.15, 0.2) is 17.3 Å². The quantitative estimate of drug-likeness (QED) is 0.385. The van der Waals surface area contributed by atoms with Crippen LogP contribution in [-0.2, 0) is 17.8 Å². The molecule has 0 aliphatic carbocycles. The van der Waals surface area contributed by atoms with E-state index < -0.39 is 0 Å². The fraction of sp³-hybridized carbons (Fsp3) is 0.250. The minimum absolute atomic E-state index is 0.128. The molecule has 0 saturated carbocycles. The smallest absolute Gasteiger partial charge is 0.238 e. The van der Waals surface area contributed by atoms with Crippen molar-refractivity contribution >= 4 is 5.91 Å². The second kappa shape index (κ2) is 10.4. The molecule has 3 heterocycles. The molecule has 0 spiro atoms. The predicted octanol–water partition coefficient (Wildman–Crippen LogP) is 4.12. The zero-order chi connectivity index (χ0) is 23.0. The number of rotatable bonds is 10. The summed E-state index contributed by atoms with van der Waals surface area (Å²) in [6.07, 6.45) is 5.53. The zero-order valence-electron chi connectivity index (χ0n) is 18.4. The molecule has 1 unspecified atom stereocenters. The van der Waals surface area contributed by atoms with Crippen molar-refractivity contribution in [2.24, 2.45) is 0 Å². The Morgan fingerprint density at radius 2 is 2.00 bits per heavy atom. The van der Waals surface area contributed by atoms with Gasteiger partial charge in [0.1, 0.15) is 6.61 Å². The number of hydrogen-bond donors (Lipinski definition) is 1. The average molecular weight is 448 g/mol. The van der Waals surface area contributed by atoms with E-state index in [1.165, 1.54) is 6.26 Å². The van der Waals surface area contributed by atoms with Crippen molar-refractivity contribution in [3.63, 3.8) is 0 Å². The van der Waals surface area contributed by atoms with Gasteiger partial charge in [-0.2, -0.15) is 4.98 Å². The molecule has 170 valence electrons. The Labute approximate surface area is 190 Å². The summed E-state index contributed by atoms with van der Waals surface area (Å²) in [5.74, 6) is 2.35. The molecule has 1 N–H and O–H groups in total. The van der Waals surface area contributed by atoms with Crippen LogP contribution in [0.4, 0.5) is 0 Å². The number of benzene rings is 1. The number of amides is 1. The van der Waals surface area contributed by atoms with Gasteiger partial charge in [-0.1, -0.05) is 11.2 Å². The van der Waals surface area contributed by atoms with Crippen molar-refractivity contribution in [2.45, 2.75) is 32.4 Å². The molecule has 3 aromatic heterocycles. The van der Waals surface area contributed by atoms with E-state index in [0.29, 0.717) is 42.0 Å². The molecule has 9 nitrogen and oxygen atoms in total. The second-order valence-corrected chi connectivity index (χ2v) is 7.33. The maximum Gasteiger partial charge on any atom is 0.238 e. The number of ether oxygens (including phenoxy) is 2. The lowest BCUT2D eigenvalue weighted by molar-refractivity contribution is -0.121. The van der Waals surface area contributed by atoms with Crippen molar-refractivity contribution in [3.8, 4) is 23.1 Å². The fourth-order valence-corrected chi connectivity index (χ4v) is 3.19. The monoisotopic (exact) mass is 448 g/mol. The van der Waals surface area contributed by atoms with Crippen LogP contribution in [0.1, 0.15) is 36.4 Å². The van der Waals surface area contributed by atoms with Crippen LogP contribution < -0.4 is 14.8 Å². The third kappa shape index (κ3) is 5.76. The summed E-state index contributed by atoms with van der Waals surface area (Å²) in [5, 5.41) is 6.85. The summed E-state index contributed by atoms with van der Waals surface area (Å²) in [6, 6.07) is 12.7. The van der Waals surface area contributed by atoms with Gasteiger partial charge in [-0.15, -0.1) is 0 Å². The summed E-state index contributed by atoms with van der Waals surface area (Å²) >= 11 is 0. The van der Waals surface area contributed by atoms with Crippen molar-refractivity contribution in [2.75, 3.05) is 7.11 Å². The first-order chi connectivity index (χ1) is 16.1. The van der Waals surface area contributed by atoms with Gasteiger partial charge < -0.3 is 23.7 Å². The van der Waals surface area contributed by atoms with Crippen LogP contribution in [0.3, 0.4) is 0 Å². The van der Waals surface area contributed by atoms with Crippen LogP contribution in [0.15, 0.2) is 70.1 Å². The van der Waals surface area contributed by atoms with Crippen LogP contribution in [-0.4, -0.2) is 28.1 Å². The number of nitrogens with zero attached hydrogens (tertiary/aromatic N) is 3. The van der Waals surface area contributed by atoms with Crippen molar-refractivity contribution < 1.29 is 23.2 Å². The number of furan rings is 1. The molecule has 33 heavy (non-hydrogen) atoms. The Morgan fingerprint density at radius 1 is 1.15 bits per heavy atom. The molecule has 0 fully saturated rings. The van der Waals surface area contributed by atoms with E-state index in [1.54, 1.807) is 31.6 Å². The lowest BCUT2D eigenvalue weighted by atomic mass is 10.1. The van der Waals surface area contributed by atoms with Crippen LogP contribution in [0.5, 0.6) is 11.5 Å². The van der Waals surface area contributed by atoms with Crippen LogP contribution in [0.25, 0.3) is 11.6 Å². The van der Waals surface area contributed by atoms with Gasteiger partial charge in [-0.05, 0) is 54.4 Å². The first kappa shape index (κ1) is 22.1. The minimum Gasteiger partial charge on any atom is -0.493 e. The largest absolute Gasteiger partial charge is 0.493 e. The zero-order valence-corrected chi connectivity index (χ0v) is 18.4. The van der Waals surface area contributed by atoms with E-state index in [2.05, 4.69) is 20.4 Å². The Bertz CT molecular complexity index is 1170. The molecule has 0 radical (unpaired) electrons. The van der Waals surface area contributed by atoms with Gasteiger partial charge in [0.05, 0.1) is 19.4 Å². The average Bonchev–Trinajstić information content (AvgIpc) is 3.54. The van der Waals surface area contributed by atoms with E-state index >= 15 is 0 Å². The number of methoxy groups -OCH3 is 1. The third-order valence-electron chi connectivity index (χ3n) is 4.98. The number of hydrogen-bond acceptors (Lipinski definition) is 8. The maximum absolute atomic E-state index is 12.4. The van der Waals surface area contributed by atoms with E-state index in [-0.39, 0.29) is 18.4 Å². The maximum atomic E-state index is 12.4. The van der Waals surface area contributed by atoms with Gasteiger partial charge >= 0.3 is 0 Å². The van der Waals surface area contributed by atoms with Crippen LogP contribution in [0.2, 0.25) is 0 Å². The van der Waals surface area contributed by atoms with Crippen molar-refractivity contribution in [1.29, 1.82) is 0 Å². The second-order valence-electron chi connectivity index (χ2n) is 7.33. The molecule has 1 aromatic carbocycles. The van der Waals surface area contributed by atoms with Crippen LogP contribution in [0, 0.1) is 0 Å². The molecular formula is C24H24N4O5. The summed E-state index contributed by atoms with van der Waals surface area (Å²) in [5.41, 5.74) is 1.91. The highest BCUT2D eigenvalue weighted by atomic mass is 16.5. The standard InChI is InChI=1S/C24H24N4O5/c1-16(26-22(29)7-8-23-27-24(28-33-23)20-4-3-13-31-20)18-5-6-19(21(14-18)30-2)32-15-17-9-11-25-12-10-17/h3-6,9-14,16H,7-8,15H2,1-2H3,(H,26,29). The number of aryl methyl sites for hydroxylation is 1. The van der Waals surface area contributed by atoms with Gasteiger partial charge in [0.2, 0.25) is 17.6 Å². The molecule has 0 aliphatic rings. The number of carbonyl (C=O) groups is 1. The lowest BCUT2D eigenvalue weighted by Crippen LogP contribution is -2.26. The highest BCUT2D eigenvalue weighted by Crippen LogP contribution is 2.31. The van der Waals surface area contributed by atoms with Crippen molar-refractivity contribution in [3.05, 3.63) is 78.1 Å². The summed E-state index contributed by atoms with van der Waals surface area (Å²) in [6.45, 7) is 2.31. The lowest BCUT2D eigenvalue weighted by Gasteiger charge is -2.17. The van der Waals surface area contributed by atoms with Gasteiger partial charge in [-0.3, -0.25) is 9.78 Å². The first-order valence-electron chi connectivity index (χ1n) is 10.5. The normalized spacial score (nSPS) is 11.7. The molecule has 1 atom stereocenters. The summed E-state index contributed by atoms with van der Waals surface area (Å²) in [7, 11) is 1.59. The first-order valence-corrected chi connectivity index (χ1v) is 10.5. The Kier molecular flexibility index (Phi) is 6.99. The highest BCUT2D eigenvalue weighted by molar-refractivity contribution is 5.76.